The number of pyridine rings is 1. The first-order valence-corrected chi connectivity index (χ1v) is 5.03. The predicted molar refractivity (Wildman–Crippen MR) is 59.8 cm³/mol. The number of nitrogen functional groups attached to an aromatic ring is 1. The predicted octanol–water partition coefficient (Wildman–Crippen LogP) is -0.646. The third-order valence-corrected chi connectivity index (χ3v) is 2.52. The fourth-order valence-electron chi connectivity index (χ4n) is 1.70. The number of amides is 1. The van der Waals surface area contributed by atoms with Gasteiger partial charge in [0.1, 0.15) is 11.9 Å². The van der Waals surface area contributed by atoms with Crippen LogP contribution < -0.4 is 16.4 Å². The van der Waals surface area contributed by atoms with Crippen LogP contribution in [0.5, 0.6) is 0 Å². The number of morpholine rings is 1. The highest BCUT2D eigenvalue weighted by Crippen LogP contribution is 2.18. The monoisotopic (exact) mass is 222 g/mol. The van der Waals surface area contributed by atoms with E-state index in [1.165, 1.54) is 0 Å². The zero-order valence-electron chi connectivity index (χ0n) is 8.80. The standard InChI is InChI=1S/C10H14N4O2/c11-7-1-2-13-9(5-7)14-3-4-16-6-8(14)10(12)15/h1-2,5,8H,3-4,6H2,(H2,11,13)(H2,12,15). The van der Waals surface area contributed by atoms with Gasteiger partial charge in [0, 0.05) is 24.5 Å². The van der Waals surface area contributed by atoms with E-state index in [0.717, 1.165) is 0 Å². The van der Waals surface area contributed by atoms with Gasteiger partial charge in [-0.25, -0.2) is 4.98 Å². The van der Waals surface area contributed by atoms with Crippen molar-refractivity contribution in [2.24, 2.45) is 5.73 Å². The van der Waals surface area contributed by atoms with Crippen molar-refractivity contribution >= 4 is 17.4 Å². The Morgan fingerprint density at radius 3 is 3.12 bits per heavy atom. The molecule has 2 heterocycles. The Bertz CT molecular complexity index is 396. The Kier molecular flexibility index (Phi) is 2.91. The van der Waals surface area contributed by atoms with Gasteiger partial charge in [0.25, 0.3) is 0 Å². The van der Waals surface area contributed by atoms with E-state index >= 15 is 0 Å². The number of nitrogens with zero attached hydrogens (tertiary/aromatic N) is 2. The second-order valence-corrected chi connectivity index (χ2v) is 3.63. The molecule has 1 aliphatic heterocycles. The van der Waals surface area contributed by atoms with Crippen LogP contribution in [0.2, 0.25) is 0 Å². The summed E-state index contributed by atoms with van der Waals surface area (Å²) in [6.07, 6.45) is 1.61. The van der Waals surface area contributed by atoms with Gasteiger partial charge in [0.05, 0.1) is 13.2 Å². The second kappa shape index (κ2) is 4.36. The largest absolute Gasteiger partial charge is 0.399 e. The number of rotatable bonds is 2. The molecule has 0 aromatic carbocycles. The molecule has 1 aromatic heterocycles. The van der Waals surface area contributed by atoms with E-state index < -0.39 is 11.9 Å². The Morgan fingerprint density at radius 1 is 1.62 bits per heavy atom. The zero-order chi connectivity index (χ0) is 11.5. The van der Waals surface area contributed by atoms with Crippen LogP contribution in [-0.4, -0.2) is 36.7 Å². The highest BCUT2D eigenvalue weighted by atomic mass is 16.5. The third kappa shape index (κ3) is 2.06. The van der Waals surface area contributed by atoms with Crippen molar-refractivity contribution in [1.29, 1.82) is 0 Å². The molecule has 0 bridgehead atoms. The van der Waals surface area contributed by atoms with E-state index in [1.807, 2.05) is 4.90 Å². The molecule has 4 N–H and O–H groups in total. The molecular weight excluding hydrogens is 208 g/mol. The van der Waals surface area contributed by atoms with Gasteiger partial charge in [0.15, 0.2) is 0 Å². The van der Waals surface area contributed by atoms with Crippen LogP contribution in [-0.2, 0) is 9.53 Å². The number of hydrogen-bond donors (Lipinski definition) is 2. The summed E-state index contributed by atoms with van der Waals surface area (Å²) in [7, 11) is 0. The molecule has 1 atom stereocenters. The maximum Gasteiger partial charge on any atom is 0.242 e. The SMILES string of the molecule is NC(=O)C1COCCN1c1cc(N)ccn1. The lowest BCUT2D eigenvalue weighted by atomic mass is 10.2. The zero-order valence-corrected chi connectivity index (χ0v) is 8.80. The molecule has 1 saturated heterocycles. The van der Waals surface area contributed by atoms with Crippen LogP contribution in [0.3, 0.4) is 0 Å². The van der Waals surface area contributed by atoms with Crippen LogP contribution in [0, 0.1) is 0 Å². The topological polar surface area (TPSA) is 94.5 Å². The summed E-state index contributed by atoms with van der Waals surface area (Å²) in [4.78, 5) is 17.3. The maximum atomic E-state index is 11.3. The summed E-state index contributed by atoms with van der Waals surface area (Å²) in [6, 6.07) is 2.95. The summed E-state index contributed by atoms with van der Waals surface area (Å²) >= 11 is 0. The van der Waals surface area contributed by atoms with Crippen LogP contribution in [0.25, 0.3) is 0 Å². The molecule has 1 unspecified atom stereocenters. The van der Waals surface area contributed by atoms with Gasteiger partial charge < -0.3 is 21.1 Å². The molecule has 1 aliphatic rings. The summed E-state index contributed by atoms with van der Waals surface area (Å²) < 4.78 is 5.22. The molecule has 6 nitrogen and oxygen atoms in total. The van der Waals surface area contributed by atoms with Gasteiger partial charge in [0.2, 0.25) is 5.91 Å². The van der Waals surface area contributed by atoms with E-state index in [2.05, 4.69) is 4.98 Å². The van der Waals surface area contributed by atoms with Gasteiger partial charge in [-0.15, -0.1) is 0 Å². The van der Waals surface area contributed by atoms with Crippen LogP contribution in [0.4, 0.5) is 11.5 Å². The van der Waals surface area contributed by atoms with E-state index in [9.17, 15) is 4.79 Å². The summed E-state index contributed by atoms with van der Waals surface area (Å²) in [5.41, 5.74) is 11.6. The molecule has 1 fully saturated rings. The molecule has 0 aliphatic carbocycles. The Hall–Kier alpha value is -1.82. The molecule has 6 heteroatoms. The molecule has 86 valence electrons. The molecule has 0 radical (unpaired) electrons. The quantitative estimate of drug-likeness (QED) is 0.693. The lowest BCUT2D eigenvalue weighted by Gasteiger charge is -2.34. The number of anilines is 2. The summed E-state index contributed by atoms with van der Waals surface area (Å²) in [6.45, 7) is 1.44. The number of carbonyl (C=O) groups excluding carboxylic acids is 1. The van der Waals surface area contributed by atoms with E-state index in [-0.39, 0.29) is 0 Å². The smallest absolute Gasteiger partial charge is 0.242 e. The molecule has 2 rings (SSSR count). The normalized spacial score (nSPS) is 20.8. The average Bonchev–Trinajstić information content (AvgIpc) is 2.29. The van der Waals surface area contributed by atoms with E-state index in [0.29, 0.717) is 31.3 Å². The van der Waals surface area contributed by atoms with Crippen molar-refractivity contribution in [3.63, 3.8) is 0 Å². The molecule has 16 heavy (non-hydrogen) atoms. The first-order valence-electron chi connectivity index (χ1n) is 5.03. The van der Waals surface area contributed by atoms with Crippen LogP contribution >= 0.6 is 0 Å². The number of primary amides is 1. The van der Waals surface area contributed by atoms with E-state index in [1.54, 1.807) is 18.3 Å². The van der Waals surface area contributed by atoms with Gasteiger partial charge in [-0.05, 0) is 6.07 Å². The summed E-state index contributed by atoms with van der Waals surface area (Å²) in [5, 5.41) is 0. The Labute approximate surface area is 93.2 Å². The minimum absolute atomic E-state index is 0.297. The lowest BCUT2D eigenvalue weighted by Crippen LogP contribution is -2.53. The van der Waals surface area contributed by atoms with Gasteiger partial charge in [-0.3, -0.25) is 4.79 Å². The minimum Gasteiger partial charge on any atom is -0.399 e. The average molecular weight is 222 g/mol. The van der Waals surface area contributed by atoms with Gasteiger partial charge >= 0.3 is 0 Å². The van der Waals surface area contributed by atoms with Crippen molar-refractivity contribution in [2.45, 2.75) is 6.04 Å². The van der Waals surface area contributed by atoms with Gasteiger partial charge in [-0.1, -0.05) is 0 Å². The fourth-order valence-corrected chi connectivity index (χ4v) is 1.70. The molecule has 1 aromatic rings. The number of nitrogens with two attached hydrogens (primary N) is 2. The summed E-state index contributed by atoms with van der Waals surface area (Å²) in [5.74, 6) is 0.246. The molecular formula is C10H14N4O2. The second-order valence-electron chi connectivity index (χ2n) is 3.63. The fraction of sp³-hybridized carbons (Fsp3) is 0.400. The van der Waals surface area contributed by atoms with Crippen LogP contribution in [0.15, 0.2) is 18.3 Å². The maximum absolute atomic E-state index is 11.3. The van der Waals surface area contributed by atoms with Crippen molar-refractivity contribution < 1.29 is 9.53 Å². The Morgan fingerprint density at radius 2 is 2.44 bits per heavy atom. The molecule has 0 saturated carbocycles. The minimum atomic E-state index is -0.469. The molecule has 1 amide bonds. The third-order valence-electron chi connectivity index (χ3n) is 2.52. The van der Waals surface area contributed by atoms with Crippen LogP contribution in [0.1, 0.15) is 0 Å². The van der Waals surface area contributed by atoms with Crippen molar-refractivity contribution in [3.8, 4) is 0 Å². The molecule has 0 spiro atoms. The van der Waals surface area contributed by atoms with Crippen molar-refractivity contribution in [1.82, 2.24) is 4.98 Å². The highest BCUT2D eigenvalue weighted by molar-refractivity contribution is 5.83. The van der Waals surface area contributed by atoms with Gasteiger partial charge in [-0.2, -0.15) is 0 Å². The first kappa shape index (κ1) is 10.7. The number of ether oxygens (including phenoxy) is 1. The first-order chi connectivity index (χ1) is 7.68. The number of aromatic nitrogens is 1. The lowest BCUT2D eigenvalue weighted by molar-refractivity contribution is -0.121. The Balaban J connectivity index is 2.26. The van der Waals surface area contributed by atoms with Crippen molar-refractivity contribution in [2.75, 3.05) is 30.4 Å². The van der Waals surface area contributed by atoms with E-state index in [4.69, 9.17) is 16.2 Å². The highest BCUT2D eigenvalue weighted by Gasteiger charge is 2.28. The number of carbonyl (C=O) groups is 1. The van der Waals surface area contributed by atoms with Crippen molar-refractivity contribution in [3.05, 3.63) is 18.3 Å². The number of hydrogen-bond acceptors (Lipinski definition) is 5.